The zero-order valence-corrected chi connectivity index (χ0v) is 21.6. The molecule has 1 aliphatic heterocycles. The van der Waals surface area contributed by atoms with Crippen molar-refractivity contribution >= 4 is 17.9 Å². The Labute approximate surface area is 225 Å². The van der Waals surface area contributed by atoms with Crippen LogP contribution in [-0.4, -0.2) is 63.2 Å². The fourth-order valence-corrected chi connectivity index (χ4v) is 4.78. The minimum atomic E-state index is -0.989. The second-order valence-corrected chi connectivity index (χ2v) is 10.0. The van der Waals surface area contributed by atoms with Crippen LogP contribution in [0.3, 0.4) is 0 Å². The zero-order valence-electron chi connectivity index (χ0n) is 21.6. The van der Waals surface area contributed by atoms with Gasteiger partial charge in [-0.25, -0.2) is 9.78 Å². The summed E-state index contributed by atoms with van der Waals surface area (Å²) >= 11 is 0. The molecule has 1 saturated carbocycles. The van der Waals surface area contributed by atoms with Crippen LogP contribution in [0.25, 0.3) is 0 Å². The number of ether oxygens (including phenoxy) is 1. The van der Waals surface area contributed by atoms with Crippen molar-refractivity contribution in [1.82, 2.24) is 25.7 Å². The maximum atomic E-state index is 12.7. The SMILES string of the molecule is C[C@H](NC(=O)c1ccon1)[C@H](Oc1ccc(C(=O)N[C@H]2CCCN(C(=O)O)C2)nc1)c1ccc(C2CC2)cc1. The number of carbonyl (C=O) groups excluding carboxylic acids is 2. The molecule has 2 aromatic heterocycles. The largest absolute Gasteiger partial charge is 0.482 e. The Bertz CT molecular complexity index is 1290. The van der Waals surface area contributed by atoms with Crippen molar-refractivity contribution in [3.8, 4) is 5.75 Å². The van der Waals surface area contributed by atoms with E-state index < -0.39 is 18.2 Å². The highest BCUT2D eigenvalue weighted by Gasteiger charge is 2.28. The molecule has 3 amide bonds. The number of hydrogen-bond donors (Lipinski definition) is 3. The van der Waals surface area contributed by atoms with Crippen LogP contribution in [0.15, 0.2) is 59.4 Å². The molecule has 3 N–H and O–H groups in total. The predicted molar refractivity (Wildman–Crippen MR) is 140 cm³/mol. The molecule has 5 rings (SSSR count). The molecule has 2 fully saturated rings. The van der Waals surface area contributed by atoms with Crippen molar-refractivity contribution in [2.45, 2.75) is 56.7 Å². The minimum Gasteiger partial charge on any atom is -0.482 e. The molecular weight excluding hydrogens is 502 g/mol. The molecule has 1 aliphatic carbocycles. The van der Waals surface area contributed by atoms with E-state index >= 15 is 0 Å². The first-order chi connectivity index (χ1) is 18.9. The molecule has 3 heterocycles. The number of nitrogens with one attached hydrogen (secondary N) is 2. The number of hydrogen-bond acceptors (Lipinski definition) is 7. The highest BCUT2D eigenvalue weighted by atomic mass is 16.5. The zero-order chi connectivity index (χ0) is 27.4. The molecule has 3 atom stereocenters. The Kier molecular flexibility index (Phi) is 7.76. The second kappa shape index (κ2) is 11.5. The number of aromatic nitrogens is 2. The first kappa shape index (κ1) is 26.2. The van der Waals surface area contributed by atoms with E-state index in [1.807, 2.05) is 19.1 Å². The van der Waals surface area contributed by atoms with Crippen LogP contribution < -0.4 is 15.4 Å². The van der Waals surface area contributed by atoms with Gasteiger partial charge in [0.2, 0.25) is 0 Å². The number of amides is 3. The van der Waals surface area contributed by atoms with Crippen LogP contribution in [0.1, 0.15) is 76.7 Å². The molecule has 0 spiro atoms. The van der Waals surface area contributed by atoms with Gasteiger partial charge in [-0.05, 0) is 61.8 Å². The standard InChI is InChI=1S/C28H31N5O6/c1-17(30-27(35)24-12-14-38-32-24)25(20-8-6-19(7-9-20)18-4-5-18)39-22-10-11-23(29-15-22)26(34)31-21-3-2-13-33(16-21)28(36)37/h6-12,14-15,17-18,21,25H,2-5,13,16H2,1H3,(H,30,35)(H,31,34)(H,36,37)/t17-,21-,25-/m0/s1. The Morgan fingerprint density at radius 2 is 1.85 bits per heavy atom. The highest BCUT2D eigenvalue weighted by molar-refractivity contribution is 5.93. The van der Waals surface area contributed by atoms with Gasteiger partial charge in [0, 0.05) is 25.2 Å². The number of piperidine rings is 1. The summed E-state index contributed by atoms with van der Waals surface area (Å²) in [6.45, 7) is 2.56. The van der Waals surface area contributed by atoms with E-state index in [1.165, 1.54) is 41.8 Å². The van der Waals surface area contributed by atoms with Gasteiger partial charge in [-0.2, -0.15) is 0 Å². The van der Waals surface area contributed by atoms with Gasteiger partial charge in [-0.3, -0.25) is 9.59 Å². The third kappa shape index (κ3) is 6.54. The molecule has 1 aromatic carbocycles. The lowest BCUT2D eigenvalue weighted by Gasteiger charge is -2.31. The first-order valence-electron chi connectivity index (χ1n) is 13.1. The van der Waals surface area contributed by atoms with Gasteiger partial charge < -0.3 is 29.9 Å². The van der Waals surface area contributed by atoms with E-state index in [-0.39, 0.29) is 35.8 Å². The van der Waals surface area contributed by atoms with Gasteiger partial charge in [0.1, 0.15) is 23.8 Å². The summed E-state index contributed by atoms with van der Waals surface area (Å²) in [7, 11) is 0. The van der Waals surface area contributed by atoms with Gasteiger partial charge >= 0.3 is 6.09 Å². The molecule has 204 valence electrons. The molecule has 0 unspecified atom stereocenters. The Balaban J connectivity index is 1.27. The van der Waals surface area contributed by atoms with Crippen molar-refractivity contribution < 1.29 is 28.8 Å². The summed E-state index contributed by atoms with van der Waals surface area (Å²) in [6.07, 6.45) is 5.07. The summed E-state index contributed by atoms with van der Waals surface area (Å²) in [5.74, 6) is 0.291. The van der Waals surface area contributed by atoms with Crippen molar-refractivity contribution in [3.63, 3.8) is 0 Å². The lowest BCUT2D eigenvalue weighted by atomic mass is 10.00. The molecule has 3 aromatic rings. The Morgan fingerprint density at radius 3 is 2.49 bits per heavy atom. The quantitative estimate of drug-likeness (QED) is 0.377. The summed E-state index contributed by atoms with van der Waals surface area (Å²) in [4.78, 5) is 42.2. The lowest BCUT2D eigenvalue weighted by Crippen LogP contribution is -2.49. The van der Waals surface area contributed by atoms with E-state index in [1.54, 1.807) is 12.1 Å². The fourth-order valence-electron chi connectivity index (χ4n) is 4.78. The van der Waals surface area contributed by atoms with Crippen LogP contribution >= 0.6 is 0 Å². The van der Waals surface area contributed by atoms with Gasteiger partial charge in [-0.1, -0.05) is 29.4 Å². The molecule has 39 heavy (non-hydrogen) atoms. The average molecular weight is 534 g/mol. The van der Waals surface area contributed by atoms with Gasteiger partial charge in [0.25, 0.3) is 11.8 Å². The normalized spacial score (nSPS) is 18.6. The van der Waals surface area contributed by atoms with Crippen LogP contribution in [0.2, 0.25) is 0 Å². The minimum absolute atomic E-state index is 0.172. The van der Waals surface area contributed by atoms with E-state index in [0.717, 1.165) is 5.56 Å². The number of nitrogens with zero attached hydrogens (tertiary/aromatic N) is 3. The molecule has 1 saturated heterocycles. The monoisotopic (exact) mass is 533 g/mol. The van der Waals surface area contributed by atoms with Crippen molar-refractivity contribution in [2.75, 3.05) is 13.1 Å². The number of pyridine rings is 1. The summed E-state index contributed by atoms with van der Waals surface area (Å²) < 4.78 is 11.1. The summed E-state index contributed by atoms with van der Waals surface area (Å²) in [5, 5.41) is 18.7. The molecular formula is C28H31N5O6. The topological polar surface area (TPSA) is 147 Å². The second-order valence-electron chi connectivity index (χ2n) is 10.0. The Morgan fingerprint density at radius 1 is 1.05 bits per heavy atom. The third-order valence-electron chi connectivity index (χ3n) is 7.06. The van der Waals surface area contributed by atoms with Crippen molar-refractivity contribution in [3.05, 3.63) is 77.4 Å². The average Bonchev–Trinajstić information content (AvgIpc) is 3.65. The lowest BCUT2D eigenvalue weighted by molar-refractivity contribution is 0.0866. The van der Waals surface area contributed by atoms with Crippen molar-refractivity contribution in [1.29, 1.82) is 0 Å². The van der Waals surface area contributed by atoms with Crippen LogP contribution in [0.4, 0.5) is 4.79 Å². The van der Waals surface area contributed by atoms with Crippen molar-refractivity contribution in [2.24, 2.45) is 0 Å². The Hall–Kier alpha value is -4.41. The third-order valence-corrected chi connectivity index (χ3v) is 7.06. The summed E-state index contributed by atoms with van der Waals surface area (Å²) in [5.41, 5.74) is 2.55. The number of carbonyl (C=O) groups is 3. The van der Waals surface area contributed by atoms with E-state index in [9.17, 15) is 19.5 Å². The number of likely N-dealkylation sites (tertiary alicyclic amines) is 1. The van der Waals surface area contributed by atoms with E-state index in [4.69, 9.17) is 9.26 Å². The molecule has 0 bridgehead atoms. The van der Waals surface area contributed by atoms with Gasteiger partial charge in [0.05, 0.1) is 12.2 Å². The first-order valence-corrected chi connectivity index (χ1v) is 13.1. The predicted octanol–water partition coefficient (Wildman–Crippen LogP) is 3.76. The van der Waals surface area contributed by atoms with Crippen LogP contribution in [0, 0.1) is 0 Å². The molecule has 2 aliphatic rings. The number of carboxylic acid groups (broad SMARTS) is 1. The molecule has 11 nitrogen and oxygen atoms in total. The molecule has 11 heteroatoms. The highest BCUT2D eigenvalue weighted by Crippen LogP contribution is 2.40. The van der Waals surface area contributed by atoms with Crippen LogP contribution in [0.5, 0.6) is 5.75 Å². The maximum Gasteiger partial charge on any atom is 0.407 e. The van der Waals surface area contributed by atoms with Crippen LogP contribution in [-0.2, 0) is 0 Å². The number of rotatable bonds is 9. The summed E-state index contributed by atoms with van der Waals surface area (Å²) in [6, 6.07) is 12.2. The van der Waals surface area contributed by atoms with Gasteiger partial charge in [0.15, 0.2) is 5.69 Å². The number of benzene rings is 1. The van der Waals surface area contributed by atoms with E-state index in [2.05, 4.69) is 32.9 Å². The smallest absolute Gasteiger partial charge is 0.407 e. The van der Waals surface area contributed by atoms with E-state index in [0.29, 0.717) is 31.1 Å². The van der Waals surface area contributed by atoms with Gasteiger partial charge in [-0.15, -0.1) is 0 Å². The molecule has 0 radical (unpaired) electrons. The fraction of sp³-hybridized carbons (Fsp3) is 0.393. The maximum absolute atomic E-state index is 12.7.